The van der Waals surface area contributed by atoms with Crippen molar-refractivity contribution >= 4 is 17.8 Å². The number of hydrogen-bond acceptors (Lipinski definition) is 4. The van der Waals surface area contributed by atoms with Gasteiger partial charge >= 0.3 is 12.1 Å². The SMILES string of the molecule is CCCCCOC(=O)N1CC[C@H](CN2CCC3(CC2)CN(C(=O)N(C)C)c2ccc(F)cc23)C1. The van der Waals surface area contributed by atoms with Crippen LogP contribution in [0.4, 0.5) is 19.7 Å². The first kappa shape index (κ1) is 24.8. The Morgan fingerprint density at radius 3 is 2.65 bits per heavy atom. The Balaban J connectivity index is 1.32. The van der Waals surface area contributed by atoms with Crippen LogP contribution < -0.4 is 4.90 Å². The molecule has 0 saturated carbocycles. The van der Waals surface area contributed by atoms with Gasteiger partial charge in [-0.3, -0.25) is 4.90 Å². The van der Waals surface area contributed by atoms with Gasteiger partial charge in [-0.05, 0) is 68.5 Å². The van der Waals surface area contributed by atoms with E-state index in [-0.39, 0.29) is 23.4 Å². The number of halogens is 1. The highest BCUT2D eigenvalue weighted by Crippen LogP contribution is 2.47. The Hall–Kier alpha value is -2.35. The molecule has 0 aromatic heterocycles. The molecule has 0 unspecified atom stereocenters. The van der Waals surface area contributed by atoms with E-state index in [1.165, 1.54) is 6.07 Å². The lowest BCUT2D eigenvalue weighted by Gasteiger charge is -2.40. The molecule has 8 heteroatoms. The van der Waals surface area contributed by atoms with E-state index in [2.05, 4.69) is 11.8 Å². The van der Waals surface area contributed by atoms with Crippen LogP contribution >= 0.6 is 0 Å². The molecule has 2 fully saturated rings. The molecule has 0 bridgehead atoms. The van der Waals surface area contributed by atoms with Gasteiger partial charge < -0.3 is 19.4 Å². The average molecular weight is 475 g/mol. The zero-order chi connectivity index (χ0) is 24.3. The van der Waals surface area contributed by atoms with Crippen LogP contribution in [0.25, 0.3) is 0 Å². The van der Waals surface area contributed by atoms with E-state index >= 15 is 0 Å². The second-order valence-electron chi connectivity index (χ2n) is 10.4. The van der Waals surface area contributed by atoms with Crippen molar-refractivity contribution in [2.75, 3.05) is 64.9 Å². The number of hydrogen-bond donors (Lipinski definition) is 0. The Kier molecular flexibility index (Phi) is 7.65. The first-order chi connectivity index (χ1) is 16.3. The summed E-state index contributed by atoms with van der Waals surface area (Å²) in [6.07, 6.45) is 5.76. The summed E-state index contributed by atoms with van der Waals surface area (Å²) in [6.45, 7) is 7.58. The van der Waals surface area contributed by atoms with Crippen molar-refractivity contribution in [1.29, 1.82) is 0 Å². The van der Waals surface area contributed by atoms with Crippen LogP contribution in [0.2, 0.25) is 0 Å². The first-order valence-corrected chi connectivity index (χ1v) is 12.8. The van der Waals surface area contributed by atoms with Gasteiger partial charge in [-0.1, -0.05) is 19.8 Å². The van der Waals surface area contributed by atoms with Gasteiger partial charge in [0.15, 0.2) is 0 Å². The number of fused-ring (bicyclic) bond motifs is 2. The van der Waals surface area contributed by atoms with Crippen LogP contribution in [0.3, 0.4) is 0 Å². The maximum atomic E-state index is 14.2. The van der Waals surface area contributed by atoms with E-state index in [4.69, 9.17) is 4.74 Å². The van der Waals surface area contributed by atoms with Gasteiger partial charge in [-0.2, -0.15) is 0 Å². The molecule has 0 aliphatic carbocycles. The van der Waals surface area contributed by atoms with Gasteiger partial charge in [-0.15, -0.1) is 0 Å². The van der Waals surface area contributed by atoms with E-state index in [9.17, 15) is 14.0 Å². The zero-order valence-corrected chi connectivity index (χ0v) is 20.9. The maximum absolute atomic E-state index is 14.2. The van der Waals surface area contributed by atoms with Crippen LogP contribution in [-0.2, 0) is 10.2 Å². The van der Waals surface area contributed by atoms with Crippen molar-refractivity contribution in [2.45, 2.75) is 50.9 Å². The van der Waals surface area contributed by atoms with E-state index in [0.29, 0.717) is 19.1 Å². The summed E-state index contributed by atoms with van der Waals surface area (Å²) in [5, 5.41) is 0. The molecule has 3 aliphatic heterocycles. The molecule has 0 N–H and O–H groups in total. The van der Waals surface area contributed by atoms with Gasteiger partial charge in [0.25, 0.3) is 0 Å². The number of piperidine rings is 1. The fourth-order valence-electron chi connectivity index (χ4n) is 5.76. The smallest absolute Gasteiger partial charge is 0.409 e. The molecule has 3 heterocycles. The summed E-state index contributed by atoms with van der Waals surface area (Å²) >= 11 is 0. The standard InChI is InChI=1S/C26H39FN4O3/c1-4-5-6-15-34-25(33)30-12-9-20(18-30)17-29-13-10-26(11-14-29)19-31(24(32)28(2)3)23-8-7-21(27)16-22(23)26/h7-8,16,20H,4-6,9-15,17-19H2,1-3H3/t20-/m1/s1. The molecular formula is C26H39FN4O3. The number of nitrogens with zero attached hydrogens (tertiary/aromatic N) is 4. The van der Waals surface area contributed by atoms with Crippen LogP contribution in [-0.4, -0.2) is 86.8 Å². The summed E-state index contributed by atoms with van der Waals surface area (Å²) in [7, 11) is 3.51. The lowest BCUT2D eigenvalue weighted by atomic mass is 9.74. The fourth-order valence-corrected chi connectivity index (χ4v) is 5.76. The van der Waals surface area contributed by atoms with Crippen molar-refractivity contribution in [1.82, 2.24) is 14.7 Å². The fraction of sp³-hybridized carbons (Fsp3) is 0.692. The summed E-state index contributed by atoms with van der Waals surface area (Å²) in [4.78, 5) is 32.8. The number of likely N-dealkylation sites (tertiary alicyclic amines) is 2. The predicted molar refractivity (Wildman–Crippen MR) is 131 cm³/mol. The van der Waals surface area contributed by atoms with E-state index in [1.54, 1.807) is 31.1 Å². The van der Waals surface area contributed by atoms with Crippen molar-refractivity contribution < 1.29 is 18.7 Å². The molecule has 1 aromatic carbocycles. The summed E-state index contributed by atoms with van der Waals surface area (Å²) in [5.41, 5.74) is 1.63. The molecule has 1 atom stereocenters. The summed E-state index contributed by atoms with van der Waals surface area (Å²) in [6, 6.07) is 4.78. The molecule has 188 valence electrons. The number of unbranched alkanes of at least 4 members (excludes halogenated alkanes) is 2. The van der Waals surface area contributed by atoms with E-state index < -0.39 is 0 Å². The molecule has 7 nitrogen and oxygen atoms in total. The monoisotopic (exact) mass is 474 g/mol. The number of amides is 3. The van der Waals surface area contributed by atoms with Crippen molar-refractivity contribution in [3.63, 3.8) is 0 Å². The topological polar surface area (TPSA) is 56.3 Å². The van der Waals surface area contributed by atoms with Gasteiger partial charge in [-0.25, -0.2) is 14.0 Å². The third kappa shape index (κ3) is 5.16. The Bertz CT molecular complexity index is 885. The molecule has 34 heavy (non-hydrogen) atoms. The number of carbonyl (C=O) groups is 2. The zero-order valence-electron chi connectivity index (χ0n) is 20.9. The molecule has 1 spiro atoms. The number of ether oxygens (including phenoxy) is 1. The van der Waals surface area contributed by atoms with Crippen LogP contribution in [0, 0.1) is 11.7 Å². The molecule has 1 aromatic rings. The number of benzene rings is 1. The van der Waals surface area contributed by atoms with Crippen molar-refractivity contribution in [3.05, 3.63) is 29.6 Å². The Morgan fingerprint density at radius 2 is 1.94 bits per heavy atom. The second kappa shape index (κ2) is 10.5. The highest BCUT2D eigenvalue weighted by Gasteiger charge is 2.47. The number of anilines is 1. The Morgan fingerprint density at radius 1 is 1.18 bits per heavy atom. The highest BCUT2D eigenvalue weighted by molar-refractivity contribution is 5.95. The quantitative estimate of drug-likeness (QED) is 0.577. The number of urea groups is 1. The average Bonchev–Trinajstić information content (AvgIpc) is 3.41. The third-order valence-corrected chi connectivity index (χ3v) is 7.74. The minimum Gasteiger partial charge on any atom is -0.449 e. The van der Waals surface area contributed by atoms with Gasteiger partial charge in [0.05, 0.1) is 6.61 Å². The van der Waals surface area contributed by atoms with Crippen LogP contribution in [0.15, 0.2) is 18.2 Å². The molecule has 0 radical (unpaired) electrons. The lowest BCUT2D eigenvalue weighted by molar-refractivity contribution is 0.105. The van der Waals surface area contributed by atoms with Gasteiger partial charge in [0.2, 0.25) is 0 Å². The minimum absolute atomic E-state index is 0.0558. The highest BCUT2D eigenvalue weighted by atomic mass is 19.1. The number of carbonyl (C=O) groups excluding carboxylic acids is 2. The second-order valence-corrected chi connectivity index (χ2v) is 10.4. The maximum Gasteiger partial charge on any atom is 0.409 e. The lowest BCUT2D eigenvalue weighted by Crippen LogP contribution is -2.48. The first-order valence-electron chi connectivity index (χ1n) is 12.8. The Labute approximate surface area is 202 Å². The predicted octanol–water partition coefficient (Wildman–Crippen LogP) is 4.31. The normalized spacial score (nSPS) is 21.7. The van der Waals surface area contributed by atoms with Crippen LogP contribution in [0.1, 0.15) is 51.0 Å². The molecule has 4 rings (SSSR count). The minimum atomic E-state index is -0.243. The van der Waals surface area contributed by atoms with Crippen molar-refractivity contribution in [2.24, 2.45) is 5.92 Å². The van der Waals surface area contributed by atoms with E-state index in [0.717, 1.165) is 82.5 Å². The van der Waals surface area contributed by atoms with Gasteiger partial charge in [0, 0.05) is 51.4 Å². The molecule has 2 saturated heterocycles. The van der Waals surface area contributed by atoms with Crippen LogP contribution in [0.5, 0.6) is 0 Å². The van der Waals surface area contributed by atoms with E-state index in [1.807, 2.05) is 9.80 Å². The summed E-state index contributed by atoms with van der Waals surface area (Å²) < 4.78 is 19.6. The van der Waals surface area contributed by atoms with Gasteiger partial charge in [0.1, 0.15) is 5.82 Å². The van der Waals surface area contributed by atoms with Crippen molar-refractivity contribution in [3.8, 4) is 0 Å². The summed E-state index contributed by atoms with van der Waals surface area (Å²) in [5.74, 6) is 0.213. The molecular weight excluding hydrogens is 435 g/mol. The molecule has 3 amide bonds. The largest absolute Gasteiger partial charge is 0.449 e. The molecule has 3 aliphatic rings. The third-order valence-electron chi connectivity index (χ3n) is 7.74. The number of rotatable bonds is 6.